The van der Waals surface area contributed by atoms with Crippen molar-refractivity contribution in [1.82, 2.24) is 5.32 Å². The van der Waals surface area contributed by atoms with E-state index >= 15 is 0 Å². The van der Waals surface area contributed by atoms with E-state index in [9.17, 15) is 9.59 Å². The average molecular weight is 194 g/mol. The van der Waals surface area contributed by atoms with Crippen molar-refractivity contribution in [3.8, 4) is 0 Å². The summed E-state index contributed by atoms with van der Waals surface area (Å²) in [7, 11) is 0. The lowest BCUT2D eigenvalue weighted by Gasteiger charge is -2.14. The predicted molar refractivity (Wildman–Crippen MR) is 54.1 cm³/mol. The van der Waals surface area contributed by atoms with Crippen molar-refractivity contribution < 1.29 is 9.59 Å². The lowest BCUT2D eigenvalue weighted by molar-refractivity contribution is -0.125. The number of amides is 1. The summed E-state index contributed by atoms with van der Waals surface area (Å²) in [6.07, 6.45) is 4.89. The van der Waals surface area contributed by atoms with E-state index in [-0.39, 0.29) is 11.7 Å². The highest BCUT2D eigenvalue weighted by molar-refractivity contribution is 5.87. The number of nitrogens with one attached hydrogen (secondary N) is 1. The van der Waals surface area contributed by atoms with Gasteiger partial charge in [-0.3, -0.25) is 14.6 Å². The van der Waals surface area contributed by atoms with Gasteiger partial charge in [0, 0.05) is 25.8 Å². The lowest BCUT2D eigenvalue weighted by atomic mass is 10.0. The van der Waals surface area contributed by atoms with Crippen LogP contribution in [-0.2, 0) is 9.59 Å². The molecule has 1 aliphatic rings. The molecule has 14 heavy (non-hydrogen) atoms. The van der Waals surface area contributed by atoms with Crippen LogP contribution < -0.4 is 5.32 Å². The van der Waals surface area contributed by atoms with E-state index in [0.29, 0.717) is 6.42 Å². The summed E-state index contributed by atoms with van der Waals surface area (Å²) in [4.78, 5) is 25.9. The first kappa shape index (κ1) is 10.6. The molecule has 0 fully saturated rings. The third-order valence-corrected chi connectivity index (χ3v) is 2.05. The van der Waals surface area contributed by atoms with E-state index in [2.05, 4.69) is 10.3 Å². The second-order valence-corrected chi connectivity index (χ2v) is 3.39. The molecule has 1 atom stereocenters. The number of hydrogen-bond acceptors (Lipinski definition) is 3. The van der Waals surface area contributed by atoms with Gasteiger partial charge in [-0.1, -0.05) is 0 Å². The zero-order chi connectivity index (χ0) is 10.6. The molecule has 0 saturated carbocycles. The number of nitrogens with zero attached hydrogens (tertiary/aromatic N) is 1. The number of carbonyl (C=O) groups excluding carboxylic acids is 2. The van der Waals surface area contributed by atoms with Crippen molar-refractivity contribution in [3.05, 3.63) is 11.8 Å². The van der Waals surface area contributed by atoms with Crippen LogP contribution >= 0.6 is 0 Å². The summed E-state index contributed by atoms with van der Waals surface area (Å²) in [6, 6.07) is -0.402. The summed E-state index contributed by atoms with van der Waals surface area (Å²) in [5.41, 5.74) is 1.08. The highest BCUT2D eigenvalue weighted by Gasteiger charge is 2.17. The average Bonchev–Trinajstić information content (AvgIpc) is 2.54. The molecule has 4 heteroatoms. The molecule has 1 rings (SSSR count). The van der Waals surface area contributed by atoms with Crippen molar-refractivity contribution in [2.24, 2.45) is 4.99 Å². The van der Waals surface area contributed by atoms with E-state index in [1.54, 1.807) is 12.4 Å². The molecule has 4 nitrogen and oxygen atoms in total. The molecule has 1 aliphatic heterocycles. The molecule has 1 N–H and O–H groups in total. The maximum Gasteiger partial charge on any atom is 0.217 e. The fourth-order valence-corrected chi connectivity index (χ4v) is 1.32. The monoisotopic (exact) mass is 194 g/mol. The second-order valence-electron chi connectivity index (χ2n) is 3.39. The molecule has 0 aliphatic carbocycles. The van der Waals surface area contributed by atoms with Crippen LogP contribution in [0.2, 0.25) is 0 Å². The van der Waals surface area contributed by atoms with Gasteiger partial charge in [-0.05, 0) is 18.9 Å². The van der Waals surface area contributed by atoms with E-state index < -0.39 is 6.04 Å². The Morgan fingerprint density at radius 2 is 2.29 bits per heavy atom. The largest absolute Gasteiger partial charge is 0.346 e. The van der Waals surface area contributed by atoms with E-state index in [0.717, 1.165) is 12.0 Å². The first-order valence-electron chi connectivity index (χ1n) is 4.56. The number of rotatable bonds is 4. The summed E-state index contributed by atoms with van der Waals surface area (Å²) in [5.74, 6) is -0.197. The van der Waals surface area contributed by atoms with Crippen molar-refractivity contribution in [2.75, 3.05) is 0 Å². The van der Waals surface area contributed by atoms with Crippen LogP contribution in [0.15, 0.2) is 16.8 Å². The van der Waals surface area contributed by atoms with Crippen LogP contribution in [0.3, 0.4) is 0 Å². The van der Waals surface area contributed by atoms with E-state index in [1.165, 1.54) is 13.8 Å². The Kier molecular flexibility index (Phi) is 3.56. The first-order chi connectivity index (χ1) is 6.59. The molecule has 1 amide bonds. The Morgan fingerprint density at radius 3 is 2.71 bits per heavy atom. The van der Waals surface area contributed by atoms with Crippen LogP contribution in [0.4, 0.5) is 0 Å². The van der Waals surface area contributed by atoms with Gasteiger partial charge in [0.2, 0.25) is 5.91 Å². The molecule has 0 aromatic heterocycles. The van der Waals surface area contributed by atoms with Gasteiger partial charge in [0.15, 0.2) is 5.78 Å². The maximum absolute atomic E-state index is 11.2. The first-order valence-corrected chi connectivity index (χ1v) is 4.56. The molecule has 0 aromatic carbocycles. The van der Waals surface area contributed by atoms with Crippen LogP contribution in [0.5, 0.6) is 0 Å². The quantitative estimate of drug-likeness (QED) is 0.720. The molecule has 0 aromatic rings. The van der Waals surface area contributed by atoms with Crippen molar-refractivity contribution in [2.45, 2.75) is 32.7 Å². The summed E-state index contributed by atoms with van der Waals surface area (Å²) in [5, 5.41) is 2.62. The number of ketones is 1. The summed E-state index contributed by atoms with van der Waals surface area (Å²) in [6.45, 7) is 2.90. The van der Waals surface area contributed by atoms with Gasteiger partial charge < -0.3 is 5.32 Å². The number of hydrogen-bond donors (Lipinski definition) is 1. The Balaban J connectivity index is 2.51. The Bertz CT molecular complexity index is 305. The van der Waals surface area contributed by atoms with Gasteiger partial charge in [0.1, 0.15) is 0 Å². The van der Waals surface area contributed by atoms with Gasteiger partial charge in [-0.25, -0.2) is 0 Å². The molecule has 0 spiro atoms. The third kappa shape index (κ3) is 3.12. The molecule has 0 radical (unpaired) electrons. The zero-order valence-corrected chi connectivity index (χ0v) is 8.41. The summed E-state index contributed by atoms with van der Waals surface area (Å²) >= 11 is 0. The SMILES string of the molecule is CC(=O)NC(CC1=CN=CC1)C(C)=O. The van der Waals surface area contributed by atoms with Crippen LogP contribution in [-0.4, -0.2) is 23.9 Å². The van der Waals surface area contributed by atoms with Crippen LogP contribution in [0, 0.1) is 0 Å². The Morgan fingerprint density at radius 1 is 1.57 bits per heavy atom. The second kappa shape index (κ2) is 4.69. The third-order valence-electron chi connectivity index (χ3n) is 2.05. The number of Topliss-reactive ketones (excluding diaryl/α,β-unsaturated/α-hetero) is 1. The minimum Gasteiger partial charge on any atom is -0.346 e. The normalized spacial score (nSPS) is 16.3. The van der Waals surface area contributed by atoms with Gasteiger partial charge in [-0.2, -0.15) is 0 Å². The van der Waals surface area contributed by atoms with Gasteiger partial charge in [-0.15, -0.1) is 0 Å². The summed E-state index contributed by atoms with van der Waals surface area (Å²) < 4.78 is 0. The molecule has 76 valence electrons. The highest BCUT2D eigenvalue weighted by Crippen LogP contribution is 2.13. The molecule has 0 bridgehead atoms. The fourth-order valence-electron chi connectivity index (χ4n) is 1.32. The van der Waals surface area contributed by atoms with Gasteiger partial charge >= 0.3 is 0 Å². The van der Waals surface area contributed by atoms with Gasteiger partial charge in [0.25, 0.3) is 0 Å². The van der Waals surface area contributed by atoms with Gasteiger partial charge in [0.05, 0.1) is 6.04 Å². The van der Waals surface area contributed by atoms with E-state index in [1.807, 2.05) is 0 Å². The minimum atomic E-state index is -0.402. The minimum absolute atomic E-state index is 0.0204. The molecule has 0 saturated heterocycles. The van der Waals surface area contributed by atoms with E-state index in [4.69, 9.17) is 0 Å². The maximum atomic E-state index is 11.2. The standard InChI is InChI=1S/C10H14N2O2/c1-7(13)10(12-8(2)14)5-9-3-4-11-6-9/h4,6,10H,3,5H2,1-2H3,(H,12,14). The Labute approximate surface area is 83.1 Å². The highest BCUT2D eigenvalue weighted by atomic mass is 16.2. The van der Waals surface area contributed by atoms with Crippen molar-refractivity contribution in [3.63, 3.8) is 0 Å². The molecular weight excluding hydrogens is 180 g/mol. The lowest BCUT2D eigenvalue weighted by Crippen LogP contribution is -2.38. The Hall–Kier alpha value is -1.45. The predicted octanol–water partition coefficient (Wildman–Crippen LogP) is 0.829. The topological polar surface area (TPSA) is 58.5 Å². The smallest absolute Gasteiger partial charge is 0.217 e. The zero-order valence-electron chi connectivity index (χ0n) is 8.41. The number of carbonyl (C=O) groups is 2. The molecular formula is C10H14N2O2. The fraction of sp³-hybridized carbons (Fsp3) is 0.500. The van der Waals surface area contributed by atoms with Crippen molar-refractivity contribution >= 4 is 17.9 Å². The molecule has 1 heterocycles. The molecule has 1 unspecified atom stereocenters. The number of aliphatic imine (C=N–C) groups is 1. The van der Waals surface area contributed by atoms with Crippen LogP contribution in [0.25, 0.3) is 0 Å². The van der Waals surface area contributed by atoms with Crippen LogP contribution in [0.1, 0.15) is 26.7 Å². The van der Waals surface area contributed by atoms with Crippen molar-refractivity contribution in [1.29, 1.82) is 0 Å².